The Balaban J connectivity index is 1.16. The molecule has 1 atom stereocenters. The SMILES string of the molecule is O=C(CN1CCN(c2ccccc2F)CC1)N[C@@H](COCc1ccccc1)C(=O)Nc1ccc(Oc2ccc(F)cc2)cc1. The third-order valence-corrected chi connectivity index (χ3v) is 7.15. The Bertz CT molecular complexity index is 1510. The number of nitrogens with one attached hydrogen (secondary N) is 2. The standard InChI is InChI=1S/C34H34F2N4O4/c35-26-10-14-28(15-11-26)44-29-16-12-27(13-17-29)37-34(42)31(24-43-23-25-6-2-1-3-7-25)38-33(41)22-39-18-20-40(21-19-39)32-9-5-4-8-30(32)36/h1-17,31H,18-24H2,(H,37,42)(H,38,41)/t31-/m0/s1. The number of rotatable bonds is 12. The van der Waals surface area contributed by atoms with Gasteiger partial charge in [-0.1, -0.05) is 42.5 Å². The second-order valence-electron chi connectivity index (χ2n) is 10.4. The summed E-state index contributed by atoms with van der Waals surface area (Å²) in [5.74, 6) is -0.361. The molecule has 2 N–H and O–H groups in total. The Labute approximate surface area is 255 Å². The molecule has 0 bridgehead atoms. The van der Waals surface area contributed by atoms with Crippen LogP contribution in [0, 0.1) is 11.6 Å². The van der Waals surface area contributed by atoms with E-state index in [4.69, 9.17) is 9.47 Å². The summed E-state index contributed by atoms with van der Waals surface area (Å²) in [4.78, 5) is 30.3. The van der Waals surface area contributed by atoms with Crippen molar-refractivity contribution in [2.24, 2.45) is 0 Å². The largest absolute Gasteiger partial charge is 0.457 e. The van der Waals surface area contributed by atoms with E-state index in [2.05, 4.69) is 10.6 Å². The maximum absolute atomic E-state index is 14.2. The fourth-order valence-corrected chi connectivity index (χ4v) is 4.82. The lowest BCUT2D eigenvalue weighted by atomic mass is 10.2. The smallest absolute Gasteiger partial charge is 0.249 e. The minimum Gasteiger partial charge on any atom is -0.457 e. The number of piperazine rings is 1. The van der Waals surface area contributed by atoms with Crippen LogP contribution in [0.4, 0.5) is 20.2 Å². The molecule has 0 radical (unpaired) electrons. The Kier molecular flexibility index (Phi) is 10.5. The quantitative estimate of drug-likeness (QED) is 0.232. The predicted molar refractivity (Wildman–Crippen MR) is 165 cm³/mol. The minimum absolute atomic E-state index is 0.0285. The summed E-state index contributed by atoms with van der Waals surface area (Å²) in [6, 6.07) is 27.7. The number of halogens is 2. The number of amides is 2. The molecule has 44 heavy (non-hydrogen) atoms. The summed E-state index contributed by atoms with van der Waals surface area (Å²) in [6.07, 6.45) is 0. The van der Waals surface area contributed by atoms with Gasteiger partial charge in [0.1, 0.15) is 29.2 Å². The van der Waals surface area contributed by atoms with Crippen LogP contribution in [0.5, 0.6) is 11.5 Å². The van der Waals surface area contributed by atoms with Crippen LogP contribution < -0.4 is 20.3 Å². The normalized spacial score (nSPS) is 14.1. The van der Waals surface area contributed by atoms with Gasteiger partial charge in [-0.3, -0.25) is 14.5 Å². The molecule has 0 spiro atoms. The van der Waals surface area contributed by atoms with Crippen molar-refractivity contribution >= 4 is 23.2 Å². The molecule has 0 saturated carbocycles. The van der Waals surface area contributed by atoms with E-state index in [9.17, 15) is 18.4 Å². The monoisotopic (exact) mass is 600 g/mol. The molecular weight excluding hydrogens is 566 g/mol. The Morgan fingerprint density at radius 2 is 1.41 bits per heavy atom. The Hall–Kier alpha value is -4.80. The third kappa shape index (κ3) is 8.85. The van der Waals surface area contributed by atoms with E-state index in [1.807, 2.05) is 40.1 Å². The number of carbonyl (C=O) groups excluding carboxylic acids is 2. The maximum atomic E-state index is 14.2. The number of anilines is 2. The third-order valence-electron chi connectivity index (χ3n) is 7.15. The van der Waals surface area contributed by atoms with Crippen LogP contribution in [0.1, 0.15) is 5.56 Å². The van der Waals surface area contributed by atoms with E-state index in [0.29, 0.717) is 49.1 Å². The first-order chi connectivity index (χ1) is 21.4. The molecule has 1 saturated heterocycles. The van der Waals surface area contributed by atoms with Crippen molar-refractivity contribution in [3.63, 3.8) is 0 Å². The van der Waals surface area contributed by atoms with Gasteiger partial charge in [0.05, 0.1) is 25.4 Å². The summed E-state index contributed by atoms with van der Waals surface area (Å²) >= 11 is 0. The molecular formula is C34H34F2N4O4. The first-order valence-electron chi connectivity index (χ1n) is 14.4. The number of carbonyl (C=O) groups is 2. The second-order valence-corrected chi connectivity index (χ2v) is 10.4. The van der Waals surface area contributed by atoms with Gasteiger partial charge in [0, 0.05) is 31.9 Å². The van der Waals surface area contributed by atoms with Crippen LogP contribution >= 0.6 is 0 Å². The molecule has 1 fully saturated rings. The fourth-order valence-electron chi connectivity index (χ4n) is 4.82. The van der Waals surface area contributed by atoms with Gasteiger partial charge in [0.2, 0.25) is 11.8 Å². The van der Waals surface area contributed by atoms with Crippen molar-refractivity contribution in [2.45, 2.75) is 12.6 Å². The molecule has 0 unspecified atom stereocenters. The summed E-state index contributed by atoms with van der Waals surface area (Å²) < 4.78 is 38.9. The van der Waals surface area contributed by atoms with Crippen molar-refractivity contribution in [3.8, 4) is 11.5 Å². The molecule has 1 heterocycles. The molecule has 4 aromatic carbocycles. The van der Waals surface area contributed by atoms with Gasteiger partial charge in [-0.2, -0.15) is 0 Å². The van der Waals surface area contributed by atoms with Crippen molar-refractivity contribution in [3.05, 3.63) is 120 Å². The van der Waals surface area contributed by atoms with Gasteiger partial charge in [0.25, 0.3) is 0 Å². The first-order valence-corrected chi connectivity index (χ1v) is 14.4. The zero-order valence-electron chi connectivity index (χ0n) is 24.1. The van der Waals surface area contributed by atoms with Gasteiger partial charge >= 0.3 is 0 Å². The van der Waals surface area contributed by atoms with Crippen LogP contribution in [-0.2, 0) is 20.9 Å². The molecule has 0 aliphatic carbocycles. The Morgan fingerprint density at radius 1 is 0.773 bits per heavy atom. The highest BCUT2D eigenvalue weighted by Gasteiger charge is 2.25. The summed E-state index contributed by atoms with van der Waals surface area (Å²) in [7, 11) is 0. The highest BCUT2D eigenvalue weighted by atomic mass is 19.1. The zero-order valence-corrected chi connectivity index (χ0v) is 24.1. The molecule has 0 aromatic heterocycles. The highest BCUT2D eigenvalue weighted by molar-refractivity contribution is 5.97. The van der Waals surface area contributed by atoms with Gasteiger partial charge in [-0.15, -0.1) is 0 Å². The van der Waals surface area contributed by atoms with Crippen molar-refractivity contribution in [2.75, 3.05) is 49.5 Å². The summed E-state index contributed by atoms with van der Waals surface area (Å²) in [6.45, 7) is 2.68. The first kappa shape index (κ1) is 30.7. The average molecular weight is 601 g/mol. The van der Waals surface area contributed by atoms with Crippen LogP contribution in [-0.4, -0.2) is 62.1 Å². The number of hydrogen-bond acceptors (Lipinski definition) is 6. The van der Waals surface area contributed by atoms with Gasteiger partial charge in [-0.25, -0.2) is 8.78 Å². The zero-order chi connectivity index (χ0) is 30.7. The maximum Gasteiger partial charge on any atom is 0.249 e. The van der Waals surface area contributed by atoms with Gasteiger partial charge in [-0.05, 0) is 66.2 Å². The summed E-state index contributed by atoms with van der Waals surface area (Å²) in [5, 5.41) is 5.66. The van der Waals surface area contributed by atoms with E-state index in [0.717, 1.165) is 5.56 Å². The minimum atomic E-state index is -0.943. The van der Waals surface area contributed by atoms with Crippen molar-refractivity contribution < 1.29 is 27.8 Å². The van der Waals surface area contributed by atoms with Gasteiger partial charge in [0.15, 0.2) is 0 Å². The van der Waals surface area contributed by atoms with Crippen molar-refractivity contribution in [1.29, 1.82) is 0 Å². The molecule has 2 amide bonds. The number of hydrogen-bond donors (Lipinski definition) is 2. The molecule has 5 rings (SSSR count). The van der Waals surface area contributed by atoms with Crippen LogP contribution in [0.3, 0.4) is 0 Å². The molecule has 1 aliphatic rings. The Morgan fingerprint density at radius 3 is 2.09 bits per heavy atom. The van der Waals surface area contributed by atoms with E-state index in [-0.39, 0.29) is 37.3 Å². The van der Waals surface area contributed by atoms with Crippen LogP contribution in [0.15, 0.2) is 103 Å². The van der Waals surface area contributed by atoms with E-state index in [1.165, 1.54) is 30.3 Å². The van der Waals surface area contributed by atoms with E-state index < -0.39 is 11.9 Å². The number of para-hydroxylation sites is 1. The second kappa shape index (κ2) is 15.1. The van der Waals surface area contributed by atoms with E-state index >= 15 is 0 Å². The van der Waals surface area contributed by atoms with E-state index in [1.54, 1.807) is 42.5 Å². The number of benzene rings is 4. The van der Waals surface area contributed by atoms with Crippen LogP contribution in [0.2, 0.25) is 0 Å². The predicted octanol–water partition coefficient (Wildman–Crippen LogP) is 5.22. The topological polar surface area (TPSA) is 83.1 Å². The molecule has 8 nitrogen and oxygen atoms in total. The van der Waals surface area contributed by atoms with Crippen molar-refractivity contribution in [1.82, 2.24) is 10.2 Å². The average Bonchev–Trinajstić information content (AvgIpc) is 3.04. The molecule has 10 heteroatoms. The summed E-state index contributed by atoms with van der Waals surface area (Å²) in [5.41, 5.74) is 2.01. The molecule has 4 aromatic rings. The van der Waals surface area contributed by atoms with Crippen LogP contribution in [0.25, 0.3) is 0 Å². The fraction of sp³-hybridized carbons (Fsp3) is 0.235. The number of ether oxygens (including phenoxy) is 2. The lowest BCUT2D eigenvalue weighted by molar-refractivity contribution is -0.128. The lowest BCUT2D eigenvalue weighted by Crippen LogP contribution is -2.53. The highest BCUT2D eigenvalue weighted by Crippen LogP contribution is 2.23. The van der Waals surface area contributed by atoms with Gasteiger partial charge < -0.3 is 25.0 Å². The number of nitrogens with zero attached hydrogens (tertiary/aromatic N) is 2. The lowest BCUT2D eigenvalue weighted by Gasteiger charge is -2.36. The molecule has 1 aliphatic heterocycles. The molecule has 228 valence electrons.